The van der Waals surface area contributed by atoms with Crippen molar-refractivity contribution in [3.8, 4) is 17.2 Å². The molecule has 0 radical (unpaired) electrons. The van der Waals surface area contributed by atoms with Gasteiger partial charge in [0, 0.05) is 29.6 Å². The largest absolute Gasteiger partial charge is 0.462 e. The lowest BCUT2D eigenvalue weighted by Crippen LogP contribution is -2.50. The molecule has 14 heteroatoms. The number of hydrogen-bond donors (Lipinski definition) is 1. The van der Waals surface area contributed by atoms with Gasteiger partial charge in [-0.2, -0.15) is 18.4 Å². The number of nitrogens with one attached hydrogen (secondary N) is 1. The van der Waals surface area contributed by atoms with E-state index in [9.17, 15) is 28.0 Å². The van der Waals surface area contributed by atoms with E-state index >= 15 is 4.39 Å². The topological polar surface area (TPSA) is 105 Å². The Bertz CT molecular complexity index is 1720. The highest BCUT2D eigenvalue weighted by Gasteiger charge is 2.38. The number of pyridine rings is 1. The predicted molar refractivity (Wildman–Crippen MR) is 166 cm³/mol. The molecule has 46 heavy (non-hydrogen) atoms. The summed E-state index contributed by atoms with van der Waals surface area (Å²) < 4.78 is 69.4. The van der Waals surface area contributed by atoms with E-state index in [1.165, 1.54) is 30.0 Å². The number of likely N-dealkylation sites (tertiary alicyclic amines) is 1. The number of nitriles is 1. The Kier molecular flexibility index (Phi) is 10.3. The van der Waals surface area contributed by atoms with Crippen LogP contribution in [0.2, 0.25) is 10.2 Å². The van der Waals surface area contributed by atoms with E-state index in [2.05, 4.69) is 16.4 Å². The SMILES string of the molecule is CCOC(=O)c1c(Cl)nc2c(F)c(-c3cccc(C)c3C(F)(F)F)c(Cl)cc2c1N[C@H]1CCN(C(=O)OC(C)(C)C)[C@H](CC#N)C1. The van der Waals surface area contributed by atoms with Gasteiger partial charge < -0.3 is 19.7 Å². The van der Waals surface area contributed by atoms with E-state index in [0.29, 0.717) is 6.42 Å². The number of aryl methyl sites for hydroxylation is 1. The highest BCUT2D eigenvalue weighted by atomic mass is 35.5. The molecule has 2 heterocycles. The number of carbonyl (C=O) groups is 2. The monoisotopic (exact) mass is 682 g/mol. The lowest BCUT2D eigenvalue weighted by Gasteiger charge is -2.39. The zero-order chi connectivity index (χ0) is 34.1. The Morgan fingerprint density at radius 1 is 1.22 bits per heavy atom. The smallest absolute Gasteiger partial charge is 0.417 e. The van der Waals surface area contributed by atoms with Crippen molar-refractivity contribution in [1.29, 1.82) is 5.26 Å². The first kappa shape index (κ1) is 35.0. The van der Waals surface area contributed by atoms with Crippen LogP contribution in [0.3, 0.4) is 0 Å². The highest BCUT2D eigenvalue weighted by molar-refractivity contribution is 6.36. The summed E-state index contributed by atoms with van der Waals surface area (Å²) in [7, 11) is 0. The van der Waals surface area contributed by atoms with Crippen LogP contribution in [0.15, 0.2) is 24.3 Å². The maximum Gasteiger partial charge on any atom is 0.417 e. The number of amides is 1. The Morgan fingerprint density at radius 2 is 1.91 bits per heavy atom. The summed E-state index contributed by atoms with van der Waals surface area (Å²) in [6, 6.07) is 6.02. The molecular weight excluding hydrogens is 651 g/mol. The van der Waals surface area contributed by atoms with E-state index in [1.807, 2.05) is 0 Å². The molecule has 4 rings (SSSR count). The van der Waals surface area contributed by atoms with Crippen LogP contribution >= 0.6 is 23.2 Å². The van der Waals surface area contributed by atoms with E-state index in [0.717, 1.165) is 6.07 Å². The summed E-state index contributed by atoms with van der Waals surface area (Å²) in [4.78, 5) is 31.6. The van der Waals surface area contributed by atoms with E-state index in [1.54, 1.807) is 27.7 Å². The third kappa shape index (κ3) is 7.26. The Labute approximate surface area is 273 Å². The molecule has 246 valence electrons. The minimum absolute atomic E-state index is 0.00696. The van der Waals surface area contributed by atoms with Gasteiger partial charge in [-0.1, -0.05) is 41.4 Å². The first-order chi connectivity index (χ1) is 21.5. The molecule has 0 saturated carbocycles. The van der Waals surface area contributed by atoms with Crippen molar-refractivity contribution in [3.63, 3.8) is 0 Å². The number of rotatable bonds is 6. The summed E-state index contributed by atoms with van der Waals surface area (Å²) >= 11 is 13.0. The summed E-state index contributed by atoms with van der Waals surface area (Å²) in [5, 5.41) is 11.9. The number of alkyl halides is 3. The van der Waals surface area contributed by atoms with Gasteiger partial charge >= 0.3 is 18.2 Å². The molecule has 3 aromatic rings. The molecule has 1 fully saturated rings. The number of anilines is 1. The van der Waals surface area contributed by atoms with Crippen LogP contribution in [0.25, 0.3) is 22.0 Å². The molecule has 0 unspecified atom stereocenters. The van der Waals surface area contributed by atoms with Gasteiger partial charge in [-0.05, 0) is 64.7 Å². The molecular formula is C32H32Cl2F4N4O4. The molecule has 1 N–H and O–H groups in total. The normalized spacial score (nSPS) is 17.0. The molecule has 8 nitrogen and oxygen atoms in total. The van der Waals surface area contributed by atoms with Crippen LogP contribution in [0.5, 0.6) is 0 Å². The Morgan fingerprint density at radius 3 is 2.52 bits per heavy atom. The first-order valence-electron chi connectivity index (χ1n) is 14.5. The van der Waals surface area contributed by atoms with Gasteiger partial charge in [0.15, 0.2) is 5.82 Å². The predicted octanol–water partition coefficient (Wildman–Crippen LogP) is 8.95. The zero-order valence-corrected chi connectivity index (χ0v) is 27.3. The average Bonchev–Trinajstić information content (AvgIpc) is 2.92. The number of ether oxygens (including phenoxy) is 2. The summed E-state index contributed by atoms with van der Waals surface area (Å²) in [6.45, 7) is 8.19. The van der Waals surface area contributed by atoms with E-state index in [4.69, 9.17) is 32.7 Å². The fourth-order valence-corrected chi connectivity index (χ4v) is 6.14. The van der Waals surface area contributed by atoms with Crippen LogP contribution in [0, 0.1) is 24.1 Å². The van der Waals surface area contributed by atoms with Crippen molar-refractivity contribution in [3.05, 3.63) is 56.9 Å². The molecule has 2 atom stereocenters. The number of halogens is 6. The fourth-order valence-electron chi connectivity index (χ4n) is 5.59. The van der Waals surface area contributed by atoms with Crippen molar-refractivity contribution < 1.29 is 36.6 Å². The quantitative estimate of drug-likeness (QED) is 0.157. The van der Waals surface area contributed by atoms with Gasteiger partial charge in [0.05, 0.1) is 35.4 Å². The minimum Gasteiger partial charge on any atom is -0.462 e. The lowest BCUT2D eigenvalue weighted by molar-refractivity contribution is -0.137. The summed E-state index contributed by atoms with van der Waals surface area (Å²) in [5.74, 6) is -2.04. The lowest BCUT2D eigenvalue weighted by atomic mass is 9.92. The second kappa shape index (κ2) is 13.5. The Balaban J connectivity index is 1.86. The molecule has 1 aliphatic rings. The second-order valence-electron chi connectivity index (χ2n) is 11.9. The van der Waals surface area contributed by atoms with Gasteiger partial charge in [0.2, 0.25) is 0 Å². The molecule has 1 saturated heterocycles. The molecule has 2 aromatic carbocycles. The number of nitrogens with zero attached hydrogens (tertiary/aromatic N) is 3. The van der Waals surface area contributed by atoms with Crippen LogP contribution in [-0.4, -0.2) is 52.8 Å². The molecule has 0 bridgehead atoms. The number of fused-ring (bicyclic) bond motifs is 1. The standard InChI is InChI=1S/C32H32Cl2F4N4O4/c1-6-45-29(43)23-26(40-17-11-13-42(18(14-17)10-12-39)30(44)46-31(3,4)5)20-15-21(33)22(25(35)27(20)41-28(23)34)19-9-7-8-16(2)24(19)32(36,37)38/h7-9,15,17-18H,6,10-11,13-14H2,1-5H3,(H,40,41)/t17-,18+/m0/s1. The van der Waals surface area contributed by atoms with Gasteiger partial charge in [0.1, 0.15) is 21.8 Å². The van der Waals surface area contributed by atoms with Crippen molar-refractivity contribution >= 4 is 51.9 Å². The van der Waals surface area contributed by atoms with Crippen molar-refractivity contribution in [2.45, 2.75) is 77.7 Å². The first-order valence-corrected chi connectivity index (χ1v) is 15.2. The molecule has 1 amide bonds. The van der Waals surface area contributed by atoms with Gasteiger partial charge in [-0.3, -0.25) is 0 Å². The molecule has 1 aromatic heterocycles. The molecule has 0 spiro atoms. The third-order valence-corrected chi connectivity index (χ3v) is 8.02. The number of carbonyl (C=O) groups excluding carboxylic acids is 2. The van der Waals surface area contributed by atoms with Gasteiger partial charge in [-0.25, -0.2) is 19.0 Å². The van der Waals surface area contributed by atoms with Crippen LogP contribution < -0.4 is 5.32 Å². The van der Waals surface area contributed by atoms with Crippen LogP contribution in [-0.2, 0) is 15.7 Å². The van der Waals surface area contributed by atoms with E-state index < -0.39 is 69.1 Å². The average molecular weight is 684 g/mol. The highest BCUT2D eigenvalue weighted by Crippen LogP contribution is 2.46. The van der Waals surface area contributed by atoms with Crippen molar-refractivity contribution in [2.24, 2.45) is 0 Å². The molecule has 0 aliphatic carbocycles. The van der Waals surface area contributed by atoms with Crippen molar-refractivity contribution in [1.82, 2.24) is 9.88 Å². The van der Waals surface area contributed by atoms with Crippen molar-refractivity contribution in [2.75, 3.05) is 18.5 Å². The second-order valence-corrected chi connectivity index (χ2v) is 12.6. The zero-order valence-electron chi connectivity index (χ0n) is 25.7. The van der Waals surface area contributed by atoms with E-state index in [-0.39, 0.29) is 53.2 Å². The Hall–Kier alpha value is -3.82. The maximum atomic E-state index is 16.4. The summed E-state index contributed by atoms with van der Waals surface area (Å²) in [6.07, 6.45) is -4.83. The maximum absolute atomic E-state index is 16.4. The third-order valence-electron chi connectivity index (χ3n) is 7.45. The number of piperidine rings is 1. The van der Waals surface area contributed by atoms with Crippen LogP contribution in [0.4, 0.5) is 28.0 Å². The number of hydrogen-bond acceptors (Lipinski definition) is 7. The van der Waals surface area contributed by atoms with Gasteiger partial charge in [-0.15, -0.1) is 0 Å². The van der Waals surface area contributed by atoms with Crippen LogP contribution in [0.1, 0.15) is 68.4 Å². The number of benzene rings is 2. The minimum atomic E-state index is -4.81. The summed E-state index contributed by atoms with van der Waals surface area (Å²) in [5.41, 5.74) is -3.58. The number of esters is 1. The molecule has 1 aliphatic heterocycles. The fraction of sp³-hybridized carbons (Fsp3) is 0.438. The number of aromatic nitrogens is 1. The van der Waals surface area contributed by atoms with Gasteiger partial charge in [0.25, 0.3) is 0 Å².